The fourth-order valence-corrected chi connectivity index (χ4v) is 6.97. The summed E-state index contributed by atoms with van der Waals surface area (Å²) in [4.78, 5) is 19.2. The highest BCUT2D eigenvalue weighted by molar-refractivity contribution is 14.1. The Morgan fingerprint density at radius 1 is 1.21 bits per heavy atom. The van der Waals surface area contributed by atoms with Gasteiger partial charge in [-0.1, -0.05) is 35.2 Å². The van der Waals surface area contributed by atoms with Gasteiger partial charge in [-0.15, -0.1) is 11.3 Å². The van der Waals surface area contributed by atoms with Gasteiger partial charge in [0.25, 0.3) is 5.91 Å². The molecular weight excluding hydrogens is 563 g/mol. The van der Waals surface area contributed by atoms with Crippen LogP contribution in [0.5, 0.6) is 5.75 Å². The van der Waals surface area contributed by atoms with Gasteiger partial charge in [0.15, 0.2) is 0 Å². The molecule has 1 amide bonds. The fraction of sp³-hybridized carbons (Fsp3) is 0.455. The first-order valence-corrected chi connectivity index (χ1v) is 12.9. The molecule has 1 fully saturated rings. The number of hydrogen-bond donors (Lipinski definition) is 2. The SMILES string of the molecule is O=C(NC1CCCCC1)c1c(N=Cc2cc(Br)cc(I)c2O)sc2c1CCCC2. The molecule has 2 aliphatic rings. The monoisotopic (exact) mass is 586 g/mol. The Hall–Kier alpha value is -0.930. The molecule has 1 heterocycles. The molecular formula is C22H24BrIN2O2S. The zero-order chi connectivity index (χ0) is 20.4. The molecule has 1 saturated carbocycles. The highest BCUT2D eigenvalue weighted by atomic mass is 127. The number of aliphatic imine (C=N–C) groups is 1. The van der Waals surface area contributed by atoms with Crippen molar-refractivity contribution in [2.24, 2.45) is 4.99 Å². The predicted octanol–water partition coefficient (Wildman–Crippen LogP) is 6.51. The topological polar surface area (TPSA) is 61.7 Å². The third kappa shape index (κ3) is 4.88. The summed E-state index contributed by atoms with van der Waals surface area (Å²) >= 11 is 7.21. The van der Waals surface area contributed by atoms with Gasteiger partial charge < -0.3 is 10.4 Å². The number of thiophene rings is 1. The van der Waals surface area contributed by atoms with Gasteiger partial charge in [-0.25, -0.2) is 4.99 Å². The summed E-state index contributed by atoms with van der Waals surface area (Å²) in [5, 5.41) is 14.4. The molecule has 4 nitrogen and oxygen atoms in total. The predicted molar refractivity (Wildman–Crippen MR) is 131 cm³/mol. The fourth-order valence-electron chi connectivity index (χ4n) is 4.19. The molecule has 0 atom stereocenters. The van der Waals surface area contributed by atoms with Crippen molar-refractivity contribution in [1.82, 2.24) is 5.32 Å². The molecule has 0 spiro atoms. The number of rotatable bonds is 4. The number of benzene rings is 1. The number of nitrogens with one attached hydrogen (secondary N) is 1. The van der Waals surface area contributed by atoms with Gasteiger partial charge in [0.05, 0.1) is 9.13 Å². The van der Waals surface area contributed by atoms with Gasteiger partial charge in [-0.2, -0.15) is 0 Å². The number of phenols is 1. The van der Waals surface area contributed by atoms with Crippen molar-refractivity contribution in [3.63, 3.8) is 0 Å². The minimum absolute atomic E-state index is 0.0245. The number of halogens is 2. The van der Waals surface area contributed by atoms with E-state index in [1.165, 1.54) is 36.1 Å². The Bertz CT molecular complexity index is 951. The molecule has 29 heavy (non-hydrogen) atoms. The van der Waals surface area contributed by atoms with Gasteiger partial charge in [0, 0.05) is 27.2 Å². The van der Waals surface area contributed by atoms with E-state index in [0.717, 1.165) is 50.7 Å². The second-order valence-electron chi connectivity index (χ2n) is 7.78. The van der Waals surface area contributed by atoms with E-state index in [9.17, 15) is 9.90 Å². The van der Waals surface area contributed by atoms with E-state index in [4.69, 9.17) is 0 Å². The van der Waals surface area contributed by atoms with Crippen LogP contribution in [-0.4, -0.2) is 23.3 Å². The van der Waals surface area contributed by atoms with Crippen molar-refractivity contribution < 1.29 is 9.90 Å². The van der Waals surface area contributed by atoms with E-state index in [1.807, 2.05) is 12.1 Å². The second kappa shape index (κ2) is 9.47. The number of fused-ring (bicyclic) bond motifs is 1. The lowest BCUT2D eigenvalue weighted by Crippen LogP contribution is -2.36. The lowest BCUT2D eigenvalue weighted by Gasteiger charge is -2.23. The lowest BCUT2D eigenvalue weighted by molar-refractivity contribution is 0.0927. The normalized spacial score (nSPS) is 17.4. The van der Waals surface area contributed by atoms with Crippen LogP contribution in [0.3, 0.4) is 0 Å². The summed E-state index contributed by atoms with van der Waals surface area (Å²) in [7, 11) is 0. The maximum absolute atomic E-state index is 13.2. The molecule has 0 saturated heterocycles. The van der Waals surface area contributed by atoms with E-state index >= 15 is 0 Å². The highest BCUT2D eigenvalue weighted by Gasteiger charge is 2.27. The molecule has 0 aliphatic heterocycles. The van der Waals surface area contributed by atoms with Crippen molar-refractivity contribution in [3.8, 4) is 5.75 Å². The van der Waals surface area contributed by atoms with Crippen molar-refractivity contribution in [3.05, 3.63) is 41.7 Å². The number of aryl methyl sites for hydroxylation is 1. The first-order chi connectivity index (χ1) is 14.0. The minimum Gasteiger partial charge on any atom is -0.506 e. The van der Waals surface area contributed by atoms with Crippen molar-refractivity contribution in [2.75, 3.05) is 0 Å². The van der Waals surface area contributed by atoms with E-state index in [0.29, 0.717) is 5.56 Å². The maximum atomic E-state index is 13.2. The zero-order valence-electron chi connectivity index (χ0n) is 16.1. The minimum atomic E-state index is 0.0245. The molecule has 0 radical (unpaired) electrons. The van der Waals surface area contributed by atoms with Crippen LogP contribution in [0, 0.1) is 3.57 Å². The molecule has 0 bridgehead atoms. The summed E-state index contributed by atoms with van der Waals surface area (Å²) in [6.45, 7) is 0. The summed E-state index contributed by atoms with van der Waals surface area (Å²) in [6, 6.07) is 3.99. The quantitative estimate of drug-likeness (QED) is 0.317. The summed E-state index contributed by atoms with van der Waals surface area (Å²) in [5.74, 6) is 0.239. The van der Waals surface area contributed by atoms with Crippen LogP contribution in [0.15, 0.2) is 21.6 Å². The zero-order valence-corrected chi connectivity index (χ0v) is 20.7. The van der Waals surface area contributed by atoms with E-state index < -0.39 is 0 Å². The van der Waals surface area contributed by atoms with Crippen LogP contribution in [0.1, 0.15) is 71.3 Å². The Labute approximate surface area is 197 Å². The van der Waals surface area contributed by atoms with Crippen molar-refractivity contribution >= 4 is 67.0 Å². The Morgan fingerprint density at radius 3 is 2.76 bits per heavy atom. The van der Waals surface area contributed by atoms with Crippen LogP contribution in [0.2, 0.25) is 0 Å². The maximum Gasteiger partial charge on any atom is 0.254 e. The second-order valence-corrected chi connectivity index (χ2v) is 10.9. The molecule has 154 valence electrons. The van der Waals surface area contributed by atoms with Crippen LogP contribution in [0.25, 0.3) is 0 Å². The Morgan fingerprint density at radius 2 is 1.97 bits per heavy atom. The van der Waals surface area contributed by atoms with E-state index in [-0.39, 0.29) is 17.7 Å². The van der Waals surface area contributed by atoms with Crippen LogP contribution < -0.4 is 5.32 Å². The molecule has 0 unspecified atom stereocenters. The average Bonchev–Trinajstić information content (AvgIpc) is 3.09. The van der Waals surface area contributed by atoms with Gasteiger partial charge >= 0.3 is 0 Å². The van der Waals surface area contributed by atoms with E-state index in [2.05, 4.69) is 48.8 Å². The first-order valence-electron chi connectivity index (χ1n) is 10.2. The van der Waals surface area contributed by atoms with Crippen molar-refractivity contribution in [1.29, 1.82) is 0 Å². The van der Waals surface area contributed by atoms with Crippen LogP contribution >= 0.6 is 49.9 Å². The van der Waals surface area contributed by atoms with Gasteiger partial charge in [-0.05, 0) is 78.8 Å². The lowest BCUT2D eigenvalue weighted by atomic mass is 9.93. The number of phenolic OH excluding ortho intramolecular Hbond substituents is 1. The van der Waals surface area contributed by atoms with Gasteiger partial charge in [-0.3, -0.25) is 4.79 Å². The molecule has 2 aromatic rings. The van der Waals surface area contributed by atoms with Crippen LogP contribution in [0.4, 0.5) is 5.00 Å². The summed E-state index contributed by atoms with van der Waals surface area (Å²) < 4.78 is 1.65. The number of aromatic hydroxyl groups is 1. The number of nitrogens with zero attached hydrogens (tertiary/aromatic N) is 1. The summed E-state index contributed by atoms with van der Waals surface area (Å²) in [6.07, 6.45) is 11.8. The number of hydrogen-bond acceptors (Lipinski definition) is 4. The molecule has 2 N–H and O–H groups in total. The van der Waals surface area contributed by atoms with Crippen LogP contribution in [-0.2, 0) is 12.8 Å². The smallest absolute Gasteiger partial charge is 0.254 e. The molecule has 1 aromatic heterocycles. The van der Waals surface area contributed by atoms with Gasteiger partial charge in [0.2, 0.25) is 0 Å². The Kier molecular flexibility index (Phi) is 6.96. The highest BCUT2D eigenvalue weighted by Crippen LogP contribution is 2.40. The first kappa shape index (κ1) is 21.3. The third-order valence-corrected chi connectivity index (χ3v) is 8.18. The third-order valence-electron chi connectivity index (χ3n) is 5.70. The number of amides is 1. The van der Waals surface area contributed by atoms with E-state index in [1.54, 1.807) is 17.6 Å². The number of carbonyl (C=O) groups is 1. The summed E-state index contributed by atoms with van der Waals surface area (Å²) in [5.41, 5.74) is 2.60. The molecule has 7 heteroatoms. The van der Waals surface area contributed by atoms with Crippen molar-refractivity contribution in [2.45, 2.75) is 63.8 Å². The molecule has 4 rings (SSSR count). The standard InChI is InChI=1S/C22H24BrIN2O2S/c23-14-10-13(20(27)17(24)11-14)12-25-22-19(16-8-4-5-9-18(16)29-22)21(28)26-15-6-2-1-3-7-15/h10-12,15,27H,1-9H2,(H,26,28). The molecule has 1 aromatic carbocycles. The van der Waals surface area contributed by atoms with Gasteiger partial charge in [0.1, 0.15) is 10.8 Å². The number of carbonyl (C=O) groups excluding carboxylic acids is 1. The largest absolute Gasteiger partial charge is 0.506 e. The molecule has 2 aliphatic carbocycles. The Balaban J connectivity index is 1.66. The average molecular weight is 587 g/mol.